The van der Waals surface area contributed by atoms with Crippen LogP contribution in [0.25, 0.3) is 11.1 Å². The Morgan fingerprint density at radius 3 is 1.60 bits per heavy atom. The third kappa shape index (κ3) is 1.89. The third-order valence-electron chi connectivity index (χ3n) is 2.23. The quantitative estimate of drug-likeness (QED) is 0.652. The van der Waals surface area contributed by atoms with Gasteiger partial charge < -0.3 is 5.11 Å². The number of rotatable bonds is 1. The monoisotopic (exact) mass is 198 g/mol. The van der Waals surface area contributed by atoms with Gasteiger partial charge in [-0.25, -0.2) is 4.79 Å². The van der Waals surface area contributed by atoms with E-state index in [2.05, 4.69) is 0 Å². The average molecular weight is 198 g/mol. The average Bonchev–Trinajstić information content (AvgIpc) is 2.25. The predicted octanol–water partition coefficient (Wildman–Crippen LogP) is 3.05. The van der Waals surface area contributed by atoms with Gasteiger partial charge in [-0.15, -0.1) is 0 Å². The maximum absolute atomic E-state index is 10.2. The molecule has 2 aliphatic carbocycles. The molecule has 0 atom stereocenters. The van der Waals surface area contributed by atoms with Crippen LogP contribution in [0, 0.1) is 0 Å². The van der Waals surface area contributed by atoms with E-state index in [0.717, 1.165) is 11.1 Å². The van der Waals surface area contributed by atoms with E-state index in [0.29, 0.717) is 5.56 Å². The van der Waals surface area contributed by atoms with Gasteiger partial charge in [0.05, 0.1) is 5.56 Å². The summed E-state index contributed by atoms with van der Waals surface area (Å²) in [6, 6.07) is 17.4. The molecule has 0 saturated heterocycles. The summed E-state index contributed by atoms with van der Waals surface area (Å²) < 4.78 is 0. The first kappa shape index (κ1) is 9.46. The van der Waals surface area contributed by atoms with Crippen molar-refractivity contribution in [2.24, 2.45) is 0 Å². The van der Waals surface area contributed by atoms with Gasteiger partial charge in [-0.05, 0) is 17.2 Å². The van der Waals surface area contributed by atoms with E-state index in [4.69, 9.17) is 5.11 Å². The molecule has 0 amide bonds. The van der Waals surface area contributed by atoms with Crippen molar-refractivity contribution in [1.29, 1.82) is 0 Å². The number of carbonyl (C=O) groups is 1. The molecule has 3 rings (SSSR count). The van der Waals surface area contributed by atoms with E-state index in [9.17, 15) is 4.79 Å². The van der Waals surface area contributed by atoms with Crippen molar-refractivity contribution in [1.82, 2.24) is 0 Å². The molecule has 0 spiro atoms. The number of carboxylic acids is 1. The summed E-state index contributed by atoms with van der Waals surface area (Å²) in [5.41, 5.74) is 2.43. The number of fused-ring (bicyclic) bond motifs is 1. The topological polar surface area (TPSA) is 37.3 Å². The van der Waals surface area contributed by atoms with Gasteiger partial charge in [0, 0.05) is 0 Å². The highest BCUT2D eigenvalue weighted by Gasteiger charge is 2.20. The molecule has 74 valence electrons. The van der Waals surface area contributed by atoms with Gasteiger partial charge in [0.25, 0.3) is 0 Å². The van der Waals surface area contributed by atoms with E-state index in [1.807, 2.05) is 48.5 Å². The first-order chi connectivity index (χ1) is 7.29. The zero-order valence-corrected chi connectivity index (χ0v) is 8.05. The molecule has 0 bridgehead atoms. The van der Waals surface area contributed by atoms with E-state index in [-0.39, 0.29) is 0 Å². The van der Waals surface area contributed by atoms with Crippen LogP contribution in [-0.2, 0) is 0 Å². The molecule has 1 N–H and O–H groups in total. The Balaban J connectivity index is 0.000000124. The smallest absolute Gasteiger partial charge is 0.336 e. The fraction of sp³-hybridized carbons (Fsp3) is 0. The summed E-state index contributed by atoms with van der Waals surface area (Å²) in [5, 5.41) is 8.42. The minimum absolute atomic E-state index is 0.451. The standard InChI is InChI=1S/C7H4O2.C6H6/c8-7(9)6-3-4-1-2-5(4)6;1-2-4-6-5-3-1/h1-3H,(H,8,9);1-6H. The largest absolute Gasteiger partial charge is 0.478 e. The molecule has 2 aliphatic rings. The second-order valence-electron chi connectivity index (χ2n) is 3.22. The molecule has 0 fully saturated rings. The van der Waals surface area contributed by atoms with Crippen molar-refractivity contribution in [3.63, 3.8) is 0 Å². The normalized spacial score (nSPS) is 9.87. The summed E-state index contributed by atoms with van der Waals surface area (Å²) in [6.07, 6.45) is 0. The second-order valence-corrected chi connectivity index (χ2v) is 3.22. The molecule has 0 saturated carbocycles. The molecule has 0 aliphatic heterocycles. The van der Waals surface area contributed by atoms with Crippen molar-refractivity contribution >= 4 is 5.97 Å². The minimum atomic E-state index is -0.821. The third-order valence-corrected chi connectivity index (χ3v) is 2.23. The fourth-order valence-corrected chi connectivity index (χ4v) is 1.35. The van der Waals surface area contributed by atoms with Gasteiger partial charge in [-0.3, -0.25) is 0 Å². The molecule has 1 aromatic rings. The fourth-order valence-electron chi connectivity index (χ4n) is 1.35. The van der Waals surface area contributed by atoms with E-state index in [1.165, 1.54) is 0 Å². The van der Waals surface area contributed by atoms with Crippen LogP contribution < -0.4 is 0 Å². The highest BCUT2D eigenvalue weighted by atomic mass is 16.4. The zero-order chi connectivity index (χ0) is 10.7. The van der Waals surface area contributed by atoms with Crippen LogP contribution in [0.4, 0.5) is 0 Å². The number of carboxylic acid groups (broad SMARTS) is 1. The minimum Gasteiger partial charge on any atom is -0.478 e. The SMILES string of the molecule is O=C(O)c1cc2ccc1-2.c1ccccc1. The summed E-state index contributed by atoms with van der Waals surface area (Å²) in [6.45, 7) is 0. The molecule has 0 radical (unpaired) electrons. The van der Waals surface area contributed by atoms with Crippen LogP contribution in [0.3, 0.4) is 0 Å². The summed E-state index contributed by atoms with van der Waals surface area (Å²) >= 11 is 0. The molecule has 0 aromatic heterocycles. The highest BCUT2D eigenvalue weighted by Crippen LogP contribution is 2.35. The van der Waals surface area contributed by atoms with E-state index in [1.54, 1.807) is 6.07 Å². The van der Waals surface area contributed by atoms with Crippen molar-refractivity contribution in [2.45, 2.75) is 0 Å². The summed E-state index contributed by atoms with van der Waals surface area (Å²) in [5.74, 6) is -0.821. The van der Waals surface area contributed by atoms with Crippen LogP contribution in [0.15, 0.2) is 54.6 Å². The molecule has 15 heavy (non-hydrogen) atoms. The first-order valence-electron chi connectivity index (χ1n) is 4.67. The number of hydrogen-bond donors (Lipinski definition) is 1. The maximum Gasteiger partial charge on any atom is 0.336 e. The number of hydrogen-bond acceptors (Lipinski definition) is 1. The van der Waals surface area contributed by atoms with Crippen LogP contribution in [-0.4, -0.2) is 11.1 Å². The molecule has 2 nitrogen and oxygen atoms in total. The Bertz CT molecular complexity index is 448. The molecule has 2 heteroatoms. The zero-order valence-electron chi connectivity index (χ0n) is 8.05. The van der Waals surface area contributed by atoms with Gasteiger partial charge >= 0.3 is 5.97 Å². The lowest BCUT2D eigenvalue weighted by Crippen LogP contribution is -2.06. The van der Waals surface area contributed by atoms with Crippen LogP contribution in [0.1, 0.15) is 10.4 Å². The van der Waals surface area contributed by atoms with Crippen LogP contribution >= 0.6 is 0 Å². The predicted molar refractivity (Wildman–Crippen MR) is 58.8 cm³/mol. The molecular weight excluding hydrogens is 188 g/mol. The Kier molecular flexibility index (Phi) is 2.50. The molecule has 0 unspecified atom stereocenters. The van der Waals surface area contributed by atoms with Gasteiger partial charge in [0.15, 0.2) is 0 Å². The Hall–Kier alpha value is -2.09. The van der Waals surface area contributed by atoms with E-state index < -0.39 is 5.97 Å². The Morgan fingerprint density at radius 1 is 0.933 bits per heavy atom. The lowest BCUT2D eigenvalue weighted by Gasteiger charge is -2.17. The molecule has 1 aromatic carbocycles. The van der Waals surface area contributed by atoms with Crippen LogP contribution in [0.5, 0.6) is 0 Å². The lowest BCUT2D eigenvalue weighted by molar-refractivity contribution is 0.0696. The Labute approximate surface area is 87.8 Å². The summed E-state index contributed by atoms with van der Waals surface area (Å²) in [4.78, 5) is 10.2. The van der Waals surface area contributed by atoms with Crippen LogP contribution in [0.2, 0.25) is 0 Å². The van der Waals surface area contributed by atoms with E-state index >= 15 is 0 Å². The maximum atomic E-state index is 10.2. The highest BCUT2D eigenvalue weighted by molar-refractivity contribution is 6.03. The van der Waals surface area contributed by atoms with Crippen molar-refractivity contribution < 1.29 is 9.90 Å². The van der Waals surface area contributed by atoms with Gasteiger partial charge in [0.2, 0.25) is 0 Å². The van der Waals surface area contributed by atoms with Crippen molar-refractivity contribution in [3.8, 4) is 11.1 Å². The van der Waals surface area contributed by atoms with Gasteiger partial charge in [-0.1, -0.05) is 48.5 Å². The second kappa shape index (κ2) is 3.96. The number of aromatic carboxylic acids is 1. The molecule has 0 heterocycles. The first-order valence-corrected chi connectivity index (χ1v) is 4.67. The number of benzene rings is 2. The Morgan fingerprint density at radius 2 is 1.47 bits per heavy atom. The lowest BCUT2D eigenvalue weighted by atomic mass is 9.87. The van der Waals surface area contributed by atoms with Gasteiger partial charge in [-0.2, -0.15) is 0 Å². The summed E-state index contributed by atoms with van der Waals surface area (Å²) in [7, 11) is 0. The molecular formula is C13H10O2. The van der Waals surface area contributed by atoms with Crippen molar-refractivity contribution in [3.05, 3.63) is 60.2 Å². The van der Waals surface area contributed by atoms with Crippen molar-refractivity contribution in [2.75, 3.05) is 0 Å². The van der Waals surface area contributed by atoms with Gasteiger partial charge in [0.1, 0.15) is 0 Å².